The summed E-state index contributed by atoms with van der Waals surface area (Å²) in [4.78, 5) is 64.4. The zero-order valence-corrected chi connectivity index (χ0v) is 23.1. The van der Waals surface area contributed by atoms with Crippen LogP contribution in [0.4, 0.5) is 4.79 Å². The van der Waals surface area contributed by atoms with Crippen LogP contribution in [0.2, 0.25) is 0 Å². The van der Waals surface area contributed by atoms with Crippen molar-refractivity contribution in [2.24, 2.45) is 5.73 Å². The van der Waals surface area contributed by atoms with Gasteiger partial charge in [-0.05, 0) is 36.0 Å². The first-order valence-corrected chi connectivity index (χ1v) is 14.2. The first kappa shape index (κ1) is 30.6. The number of nitrogens with one attached hydrogen (secondary N) is 2. The third-order valence-corrected chi connectivity index (χ3v) is 6.86. The van der Waals surface area contributed by atoms with Crippen molar-refractivity contribution in [3.63, 3.8) is 0 Å². The van der Waals surface area contributed by atoms with E-state index in [1.165, 1.54) is 11.8 Å². The van der Waals surface area contributed by atoms with Gasteiger partial charge in [0.25, 0.3) is 0 Å². The highest BCUT2D eigenvalue weighted by atomic mass is 32.2. The number of amides is 5. The highest BCUT2D eigenvalue weighted by molar-refractivity contribution is 7.98. The van der Waals surface area contributed by atoms with Gasteiger partial charge in [0.1, 0.15) is 24.7 Å². The molecule has 2 aromatic rings. The Kier molecular flexibility index (Phi) is 12.0. The van der Waals surface area contributed by atoms with Gasteiger partial charge in [-0.2, -0.15) is 11.8 Å². The summed E-state index contributed by atoms with van der Waals surface area (Å²) < 4.78 is 11.0. The number of benzene rings is 2. The minimum absolute atomic E-state index is 0.0294. The molecule has 0 spiro atoms. The van der Waals surface area contributed by atoms with E-state index in [9.17, 15) is 24.0 Å². The van der Waals surface area contributed by atoms with Gasteiger partial charge in [0.2, 0.25) is 23.6 Å². The predicted molar refractivity (Wildman–Crippen MR) is 149 cm³/mol. The Balaban J connectivity index is 1.68. The minimum Gasteiger partial charge on any atom is -0.444 e. The molecule has 0 aliphatic carbocycles. The van der Waals surface area contributed by atoms with Crippen LogP contribution in [0, 0.1) is 0 Å². The molecule has 1 heterocycles. The number of likely N-dealkylation sites (tertiary alicyclic amines) is 1. The quantitative estimate of drug-likeness (QED) is 0.310. The maximum absolute atomic E-state index is 13.3. The van der Waals surface area contributed by atoms with Gasteiger partial charge in [0.05, 0.1) is 13.2 Å². The summed E-state index contributed by atoms with van der Waals surface area (Å²) in [7, 11) is 0. The van der Waals surface area contributed by atoms with Crippen LogP contribution in [-0.4, -0.2) is 71.4 Å². The van der Waals surface area contributed by atoms with Crippen LogP contribution in [0.1, 0.15) is 30.4 Å². The molecule has 5 amide bonds. The van der Waals surface area contributed by atoms with Gasteiger partial charge in [-0.3, -0.25) is 19.2 Å². The smallest absolute Gasteiger partial charge is 0.417 e. The van der Waals surface area contributed by atoms with E-state index in [-0.39, 0.29) is 32.7 Å². The summed E-state index contributed by atoms with van der Waals surface area (Å²) in [6, 6.07) is 14.8. The number of imide groups is 1. The van der Waals surface area contributed by atoms with Gasteiger partial charge in [-0.1, -0.05) is 60.7 Å². The average molecular weight is 571 g/mol. The summed E-state index contributed by atoms with van der Waals surface area (Å²) in [5, 5.41) is 5.17. The molecule has 0 aromatic heterocycles. The standard InChI is InChI=1S/C28H34N4O7S/c1-40-15-14-21(25(29)34)30-26(35)22(18-38-16-19-8-4-2-5-9-19)31-27(36)23-12-13-24(33)32(23)28(37)39-17-20-10-6-3-7-11-20/h2-11,21-23H,12-18H2,1H3,(H2,29,34)(H,30,35)(H,31,36)/t21-,22+,23-/m0/s1. The Hall–Kier alpha value is -3.90. The predicted octanol–water partition coefficient (Wildman–Crippen LogP) is 1.74. The maximum Gasteiger partial charge on any atom is 0.417 e. The first-order chi connectivity index (χ1) is 19.3. The lowest BCUT2D eigenvalue weighted by Crippen LogP contribution is -2.57. The second-order valence-electron chi connectivity index (χ2n) is 9.17. The molecule has 1 fully saturated rings. The summed E-state index contributed by atoms with van der Waals surface area (Å²) in [5.74, 6) is -2.06. The molecule has 12 heteroatoms. The van der Waals surface area contributed by atoms with Crippen molar-refractivity contribution >= 4 is 41.5 Å². The number of carbonyl (C=O) groups is 5. The zero-order valence-electron chi connectivity index (χ0n) is 22.2. The third-order valence-electron chi connectivity index (χ3n) is 6.22. The Morgan fingerprint density at radius 3 is 2.20 bits per heavy atom. The molecule has 2 aromatic carbocycles. The maximum atomic E-state index is 13.3. The number of hydrogen-bond donors (Lipinski definition) is 3. The van der Waals surface area contributed by atoms with Crippen LogP contribution in [0.5, 0.6) is 0 Å². The van der Waals surface area contributed by atoms with Crippen molar-refractivity contribution < 1.29 is 33.4 Å². The number of hydrogen-bond acceptors (Lipinski definition) is 8. The molecular formula is C28H34N4O7S. The molecule has 3 atom stereocenters. The molecular weight excluding hydrogens is 536 g/mol. The monoisotopic (exact) mass is 570 g/mol. The van der Waals surface area contributed by atoms with Crippen molar-refractivity contribution in [1.82, 2.24) is 15.5 Å². The third kappa shape index (κ3) is 9.09. The summed E-state index contributed by atoms with van der Waals surface area (Å²) in [6.07, 6.45) is 1.27. The molecule has 3 rings (SSSR count). The van der Waals surface area contributed by atoms with Crippen LogP contribution in [0.15, 0.2) is 60.7 Å². The number of nitrogens with zero attached hydrogens (tertiary/aromatic N) is 1. The average Bonchev–Trinajstić information content (AvgIpc) is 3.35. The Labute approximate surface area is 237 Å². The second kappa shape index (κ2) is 15.6. The fourth-order valence-electron chi connectivity index (χ4n) is 4.06. The second-order valence-corrected chi connectivity index (χ2v) is 10.2. The molecule has 214 valence electrons. The minimum atomic E-state index is -1.22. The fourth-order valence-corrected chi connectivity index (χ4v) is 4.53. The molecule has 0 radical (unpaired) electrons. The lowest BCUT2D eigenvalue weighted by atomic mass is 10.1. The first-order valence-electron chi connectivity index (χ1n) is 12.8. The van der Waals surface area contributed by atoms with Gasteiger partial charge < -0.3 is 25.8 Å². The van der Waals surface area contributed by atoms with Crippen molar-refractivity contribution in [3.8, 4) is 0 Å². The van der Waals surface area contributed by atoms with Crippen LogP contribution < -0.4 is 16.4 Å². The van der Waals surface area contributed by atoms with Gasteiger partial charge in [0, 0.05) is 6.42 Å². The van der Waals surface area contributed by atoms with E-state index >= 15 is 0 Å². The molecule has 4 N–H and O–H groups in total. The largest absolute Gasteiger partial charge is 0.444 e. The van der Waals surface area contributed by atoms with Crippen LogP contribution >= 0.6 is 11.8 Å². The van der Waals surface area contributed by atoms with Crippen molar-refractivity contribution in [2.45, 2.75) is 50.6 Å². The molecule has 1 aliphatic heterocycles. The number of carbonyl (C=O) groups excluding carboxylic acids is 5. The molecule has 40 heavy (non-hydrogen) atoms. The van der Waals surface area contributed by atoms with Crippen molar-refractivity contribution in [1.29, 1.82) is 0 Å². The molecule has 0 saturated carbocycles. The lowest BCUT2D eigenvalue weighted by molar-refractivity contribution is -0.137. The molecule has 1 aliphatic rings. The van der Waals surface area contributed by atoms with E-state index in [1.54, 1.807) is 24.3 Å². The van der Waals surface area contributed by atoms with Crippen LogP contribution in [0.25, 0.3) is 0 Å². The van der Waals surface area contributed by atoms with Crippen molar-refractivity contribution in [3.05, 3.63) is 71.8 Å². The number of primary amides is 1. The van der Waals surface area contributed by atoms with Crippen LogP contribution in [0.3, 0.4) is 0 Å². The molecule has 0 unspecified atom stereocenters. The highest BCUT2D eigenvalue weighted by Gasteiger charge is 2.42. The van der Waals surface area contributed by atoms with E-state index in [4.69, 9.17) is 15.2 Å². The number of thioether (sulfide) groups is 1. The van der Waals surface area contributed by atoms with Gasteiger partial charge >= 0.3 is 6.09 Å². The van der Waals surface area contributed by atoms with E-state index in [1.807, 2.05) is 42.7 Å². The van der Waals surface area contributed by atoms with Crippen molar-refractivity contribution in [2.75, 3.05) is 18.6 Å². The van der Waals surface area contributed by atoms with Crippen LogP contribution in [-0.2, 0) is 41.9 Å². The summed E-state index contributed by atoms with van der Waals surface area (Å²) >= 11 is 1.49. The van der Waals surface area contributed by atoms with E-state index in [0.29, 0.717) is 12.2 Å². The zero-order chi connectivity index (χ0) is 28.9. The lowest BCUT2D eigenvalue weighted by Gasteiger charge is -2.26. The Morgan fingerprint density at radius 2 is 1.60 bits per heavy atom. The SMILES string of the molecule is CSCC[C@H](NC(=O)[C@@H](COCc1ccccc1)NC(=O)[C@@H]1CCC(=O)N1C(=O)OCc1ccccc1)C(N)=O. The Bertz CT molecular complexity index is 1170. The molecule has 1 saturated heterocycles. The molecule has 11 nitrogen and oxygen atoms in total. The number of rotatable bonds is 14. The summed E-state index contributed by atoms with van der Waals surface area (Å²) in [6.45, 7) is -0.119. The van der Waals surface area contributed by atoms with E-state index in [0.717, 1.165) is 16.0 Å². The normalized spacial score (nSPS) is 16.2. The van der Waals surface area contributed by atoms with Gasteiger partial charge in [-0.25, -0.2) is 9.69 Å². The van der Waals surface area contributed by atoms with E-state index in [2.05, 4.69) is 10.6 Å². The topological polar surface area (TPSA) is 157 Å². The summed E-state index contributed by atoms with van der Waals surface area (Å²) in [5.41, 5.74) is 7.04. The Morgan fingerprint density at radius 1 is 0.975 bits per heavy atom. The number of ether oxygens (including phenoxy) is 2. The fraction of sp³-hybridized carbons (Fsp3) is 0.393. The molecule has 0 bridgehead atoms. The van der Waals surface area contributed by atoms with Gasteiger partial charge in [0.15, 0.2) is 0 Å². The number of nitrogens with two attached hydrogens (primary N) is 1. The van der Waals surface area contributed by atoms with E-state index < -0.39 is 47.8 Å². The highest BCUT2D eigenvalue weighted by Crippen LogP contribution is 2.21. The van der Waals surface area contributed by atoms with Gasteiger partial charge in [-0.15, -0.1) is 0 Å².